The SMILES string of the molecule is CCCCCCCCCCCCCCCCCNC(=O)OCCOCCOC(=O)N(Cc1cccc[n+]1CC)C(=O)OCC.[I-]. The van der Waals surface area contributed by atoms with Crippen LogP contribution in [0.5, 0.6) is 0 Å². The molecule has 0 aliphatic rings. The van der Waals surface area contributed by atoms with Crippen molar-refractivity contribution in [3.05, 3.63) is 30.1 Å². The summed E-state index contributed by atoms with van der Waals surface area (Å²) in [6.45, 7) is 7.69. The van der Waals surface area contributed by atoms with E-state index in [2.05, 4.69) is 12.2 Å². The van der Waals surface area contributed by atoms with Crippen molar-refractivity contribution in [2.75, 3.05) is 39.6 Å². The summed E-state index contributed by atoms with van der Waals surface area (Å²) >= 11 is 0. The summed E-state index contributed by atoms with van der Waals surface area (Å²) < 4.78 is 22.7. The number of halogens is 1. The average molecular weight is 750 g/mol. The molecule has 0 aliphatic heterocycles. The molecule has 1 N–H and O–H groups in total. The molecule has 11 heteroatoms. The van der Waals surface area contributed by atoms with Crippen LogP contribution in [0.2, 0.25) is 0 Å². The van der Waals surface area contributed by atoms with E-state index in [0.29, 0.717) is 13.1 Å². The molecular formula is C34H60IN3O7. The highest BCUT2D eigenvalue weighted by atomic mass is 127. The minimum atomic E-state index is -0.812. The first-order valence-electron chi connectivity index (χ1n) is 17.1. The van der Waals surface area contributed by atoms with Crippen molar-refractivity contribution in [2.24, 2.45) is 0 Å². The van der Waals surface area contributed by atoms with Crippen molar-refractivity contribution >= 4 is 18.3 Å². The van der Waals surface area contributed by atoms with Gasteiger partial charge in [-0.25, -0.2) is 23.9 Å². The highest BCUT2D eigenvalue weighted by Gasteiger charge is 2.27. The highest BCUT2D eigenvalue weighted by Crippen LogP contribution is 2.13. The molecule has 1 aromatic heterocycles. The maximum absolute atomic E-state index is 12.6. The quantitative estimate of drug-likeness (QED) is 0.0634. The first kappa shape index (κ1) is 42.9. The molecule has 260 valence electrons. The van der Waals surface area contributed by atoms with Gasteiger partial charge in [0.05, 0.1) is 19.8 Å². The Morgan fingerprint density at radius 3 is 1.78 bits per heavy atom. The number of carbonyl (C=O) groups is 3. The van der Waals surface area contributed by atoms with Gasteiger partial charge >= 0.3 is 18.3 Å². The van der Waals surface area contributed by atoms with Crippen LogP contribution in [0.25, 0.3) is 0 Å². The zero-order valence-electron chi connectivity index (χ0n) is 28.2. The monoisotopic (exact) mass is 749 g/mol. The number of aryl methyl sites for hydroxylation is 1. The minimum absolute atomic E-state index is 0. The Morgan fingerprint density at radius 1 is 0.689 bits per heavy atom. The number of rotatable bonds is 26. The van der Waals surface area contributed by atoms with Gasteiger partial charge in [-0.05, 0) is 20.3 Å². The number of unbranched alkanes of at least 4 members (excludes halogenated alkanes) is 14. The number of alkyl carbamates (subject to hydrolysis) is 1. The fraction of sp³-hybridized carbons (Fsp3) is 0.765. The Kier molecular flexibility index (Phi) is 29.0. The molecule has 0 unspecified atom stereocenters. The molecule has 0 fully saturated rings. The maximum atomic E-state index is 12.6. The number of hydrogen-bond acceptors (Lipinski definition) is 7. The number of hydrogen-bond donors (Lipinski definition) is 1. The fourth-order valence-corrected chi connectivity index (χ4v) is 4.83. The molecule has 0 aromatic carbocycles. The molecule has 0 saturated heterocycles. The average Bonchev–Trinajstić information content (AvgIpc) is 3.03. The first-order chi connectivity index (χ1) is 21.5. The molecule has 0 saturated carbocycles. The van der Waals surface area contributed by atoms with E-state index in [1.54, 1.807) is 6.92 Å². The van der Waals surface area contributed by atoms with Gasteiger partial charge in [-0.15, -0.1) is 0 Å². The zero-order valence-corrected chi connectivity index (χ0v) is 30.4. The van der Waals surface area contributed by atoms with Gasteiger partial charge in [0.1, 0.15) is 26.3 Å². The lowest BCUT2D eigenvalue weighted by atomic mass is 10.0. The van der Waals surface area contributed by atoms with Crippen LogP contribution in [0, 0.1) is 0 Å². The Bertz CT molecular complexity index is 891. The number of carbonyl (C=O) groups excluding carboxylic acids is 3. The number of nitrogens with zero attached hydrogens (tertiary/aromatic N) is 2. The van der Waals surface area contributed by atoms with E-state index in [4.69, 9.17) is 18.9 Å². The van der Waals surface area contributed by atoms with Crippen LogP contribution in [0.3, 0.4) is 0 Å². The third kappa shape index (κ3) is 22.9. The van der Waals surface area contributed by atoms with E-state index in [-0.39, 0.29) is 63.6 Å². The van der Waals surface area contributed by atoms with E-state index < -0.39 is 18.3 Å². The topological polar surface area (TPSA) is 107 Å². The second-order valence-electron chi connectivity index (χ2n) is 11.0. The van der Waals surface area contributed by atoms with E-state index in [1.807, 2.05) is 35.9 Å². The summed E-state index contributed by atoms with van der Waals surface area (Å²) in [7, 11) is 0. The zero-order chi connectivity index (χ0) is 32.1. The lowest BCUT2D eigenvalue weighted by Crippen LogP contribution is -3.00. The normalized spacial score (nSPS) is 10.6. The second kappa shape index (κ2) is 30.5. The fourth-order valence-electron chi connectivity index (χ4n) is 4.83. The van der Waals surface area contributed by atoms with Crippen molar-refractivity contribution < 1.29 is 61.9 Å². The van der Waals surface area contributed by atoms with Gasteiger partial charge < -0.3 is 48.2 Å². The summed E-state index contributed by atoms with van der Waals surface area (Å²) in [6.07, 6.45) is 19.5. The molecule has 1 heterocycles. The van der Waals surface area contributed by atoms with Gasteiger partial charge in [0, 0.05) is 18.7 Å². The second-order valence-corrected chi connectivity index (χ2v) is 11.0. The van der Waals surface area contributed by atoms with Gasteiger partial charge in [-0.2, -0.15) is 0 Å². The van der Waals surface area contributed by atoms with Crippen molar-refractivity contribution in [2.45, 2.75) is 130 Å². The van der Waals surface area contributed by atoms with Crippen LogP contribution in [0.15, 0.2) is 24.4 Å². The Morgan fingerprint density at radius 2 is 1.22 bits per heavy atom. The number of amides is 3. The number of pyridine rings is 1. The standard InChI is InChI=1S/C34H59N3O7.HI/c1-4-7-8-9-10-11-12-13-14-15-16-17-18-19-21-24-35-32(38)43-28-26-41-27-29-44-34(40)37(33(39)42-6-3)30-31-23-20-22-25-36(31)5-2;/h20,22-23,25H,4-19,21,24,26-30H2,1-3H3;1H. The lowest BCUT2D eigenvalue weighted by Gasteiger charge is -2.18. The number of aromatic nitrogens is 1. The molecular weight excluding hydrogens is 689 g/mol. The third-order valence-electron chi connectivity index (χ3n) is 7.37. The van der Waals surface area contributed by atoms with Crippen LogP contribution in [-0.4, -0.2) is 62.8 Å². The molecule has 0 aliphatic carbocycles. The van der Waals surface area contributed by atoms with Crippen molar-refractivity contribution in [1.82, 2.24) is 10.2 Å². The number of nitrogens with one attached hydrogen (secondary N) is 1. The van der Waals surface area contributed by atoms with Crippen LogP contribution >= 0.6 is 0 Å². The molecule has 1 rings (SSSR count). The van der Waals surface area contributed by atoms with Crippen LogP contribution in [0.1, 0.15) is 123 Å². The van der Waals surface area contributed by atoms with Gasteiger partial charge in [-0.1, -0.05) is 103 Å². The van der Waals surface area contributed by atoms with Gasteiger partial charge in [0.2, 0.25) is 5.69 Å². The smallest absolute Gasteiger partial charge is 0.419 e. The summed E-state index contributed by atoms with van der Waals surface area (Å²) in [5.74, 6) is 0. The minimum Gasteiger partial charge on any atom is -1.00 e. The van der Waals surface area contributed by atoms with Gasteiger partial charge in [0.25, 0.3) is 0 Å². The molecule has 0 atom stereocenters. The summed E-state index contributed by atoms with van der Waals surface area (Å²) in [4.78, 5) is 37.7. The molecule has 0 spiro atoms. The van der Waals surface area contributed by atoms with Crippen molar-refractivity contribution in [3.63, 3.8) is 0 Å². The van der Waals surface area contributed by atoms with E-state index >= 15 is 0 Å². The van der Waals surface area contributed by atoms with Gasteiger partial charge in [-0.3, -0.25) is 0 Å². The highest BCUT2D eigenvalue weighted by molar-refractivity contribution is 5.87. The number of imide groups is 1. The van der Waals surface area contributed by atoms with E-state index in [1.165, 1.54) is 83.5 Å². The summed E-state index contributed by atoms with van der Waals surface area (Å²) in [6, 6.07) is 5.56. The summed E-state index contributed by atoms with van der Waals surface area (Å²) in [5, 5.41) is 2.77. The van der Waals surface area contributed by atoms with Crippen LogP contribution in [0.4, 0.5) is 14.4 Å². The lowest BCUT2D eigenvalue weighted by molar-refractivity contribution is -0.701. The van der Waals surface area contributed by atoms with E-state index in [9.17, 15) is 14.4 Å². The van der Waals surface area contributed by atoms with E-state index in [0.717, 1.165) is 23.4 Å². The predicted octanol–water partition coefficient (Wildman–Crippen LogP) is 4.71. The largest absolute Gasteiger partial charge is 1.00 e. The van der Waals surface area contributed by atoms with Crippen molar-refractivity contribution in [1.29, 1.82) is 0 Å². The molecule has 10 nitrogen and oxygen atoms in total. The molecule has 0 radical (unpaired) electrons. The number of ether oxygens (including phenoxy) is 4. The molecule has 1 aromatic rings. The summed E-state index contributed by atoms with van der Waals surface area (Å²) in [5.41, 5.74) is 0.770. The van der Waals surface area contributed by atoms with Crippen LogP contribution in [-0.2, 0) is 32.0 Å². The molecule has 3 amide bonds. The Hall–Kier alpha value is -2.15. The third-order valence-corrected chi connectivity index (χ3v) is 7.37. The first-order valence-corrected chi connectivity index (χ1v) is 17.1. The van der Waals surface area contributed by atoms with Crippen molar-refractivity contribution in [3.8, 4) is 0 Å². The Balaban J connectivity index is 0.0000194. The molecule has 0 bridgehead atoms. The molecule has 45 heavy (non-hydrogen) atoms. The maximum Gasteiger partial charge on any atom is 0.419 e. The Labute approximate surface area is 289 Å². The van der Waals surface area contributed by atoms with Gasteiger partial charge in [0.15, 0.2) is 6.20 Å². The predicted molar refractivity (Wildman–Crippen MR) is 171 cm³/mol. The van der Waals surface area contributed by atoms with Crippen LogP contribution < -0.4 is 33.9 Å².